The third-order valence-electron chi connectivity index (χ3n) is 5.50. The van der Waals surface area contributed by atoms with Gasteiger partial charge in [-0.25, -0.2) is 19.2 Å². The topological polar surface area (TPSA) is 58.6 Å². The molecule has 2 saturated heterocycles. The summed E-state index contributed by atoms with van der Waals surface area (Å²) in [7, 11) is 0. The number of ether oxygens (including phenoxy) is 1. The van der Waals surface area contributed by atoms with Crippen LogP contribution in [0, 0.1) is 11.2 Å². The summed E-state index contributed by atoms with van der Waals surface area (Å²) in [4.78, 5) is 24.7. The largest absolute Gasteiger partial charge is 0.444 e. The molecule has 2 fully saturated rings. The molecule has 0 radical (unpaired) electrons. The summed E-state index contributed by atoms with van der Waals surface area (Å²) in [5, 5.41) is 0.456. The molecule has 0 N–H and O–H groups in total. The van der Waals surface area contributed by atoms with Gasteiger partial charge in [0.25, 0.3) is 0 Å². The molecular weight excluding hydrogens is 427 g/mol. The summed E-state index contributed by atoms with van der Waals surface area (Å²) >= 11 is 3.25. The summed E-state index contributed by atoms with van der Waals surface area (Å²) in [6.07, 6.45) is 3.07. The molecule has 0 saturated carbocycles. The predicted octanol–water partition coefficient (Wildman–Crippen LogP) is 4.37. The standard InChI is InChI=1S/C20H24BrFN4O2/c1-19(2,3)28-18(27)25-8-6-20(7-9-25)10-26(11-20)17-15-14(23-12-24-17)5-4-13(21)16(15)22/h4-5,12H,6-11H2,1-3H3. The summed E-state index contributed by atoms with van der Waals surface area (Å²) in [6, 6.07) is 3.46. The fourth-order valence-electron chi connectivity index (χ4n) is 4.03. The molecule has 0 aliphatic carbocycles. The Bertz CT molecular complexity index is 914. The average molecular weight is 451 g/mol. The number of hydrogen-bond donors (Lipinski definition) is 0. The zero-order valence-corrected chi connectivity index (χ0v) is 17.9. The Kier molecular flexibility index (Phi) is 4.72. The summed E-state index contributed by atoms with van der Waals surface area (Å²) in [6.45, 7) is 8.64. The van der Waals surface area contributed by atoms with E-state index in [1.807, 2.05) is 20.8 Å². The first kappa shape index (κ1) is 19.4. The van der Waals surface area contributed by atoms with Gasteiger partial charge in [-0.1, -0.05) is 0 Å². The number of hydrogen-bond acceptors (Lipinski definition) is 5. The first-order valence-electron chi connectivity index (χ1n) is 9.49. The van der Waals surface area contributed by atoms with Crippen molar-refractivity contribution >= 4 is 38.7 Å². The van der Waals surface area contributed by atoms with E-state index in [0.29, 0.717) is 34.3 Å². The molecule has 6 nitrogen and oxygen atoms in total. The number of likely N-dealkylation sites (tertiary alicyclic amines) is 1. The maximum absolute atomic E-state index is 14.7. The lowest BCUT2D eigenvalue weighted by Gasteiger charge is -2.54. The SMILES string of the molecule is CC(C)(C)OC(=O)N1CCC2(CC1)CN(c1ncnc3ccc(Br)c(F)c13)C2. The van der Waals surface area contributed by atoms with Crippen LogP contribution < -0.4 is 4.90 Å². The molecule has 1 spiro atoms. The first-order valence-corrected chi connectivity index (χ1v) is 10.3. The number of carbonyl (C=O) groups is 1. The molecule has 3 heterocycles. The Morgan fingerprint density at radius 2 is 1.89 bits per heavy atom. The monoisotopic (exact) mass is 450 g/mol. The average Bonchev–Trinajstić information content (AvgIpc) is 2.61. The van der Waals surface area contributed by atoms with Gasteiger partial charge >= 0.3 is 6.09 Å². The van der Waals surface area contributed by atoms with Crippen LogP contribution in [0.1, 0.15) is 33.6 Å². The predicted molar refractivity (Wildman–Crippen MR) is 109 cm³/mol. The highest BCUT2D eigenvalue weighted by molar-refractivity contribution is 9.10. The quantitative estimate of drug-likeness (QED) is 0.645. The second-order valence-corrected chi connectivity index (χ2v) is 9.63. The smallest absolute Gasteiger partial charge is 0.410 e. The number of aromatic nitrogens is 2. The van der Waals surface area contributed by atoms with Crippen molar-refractivity contribution in [2.24, 2.45) is 5.41 Å². The minimum atomic E-state index is -0.480. The highest BCUT2D eigenvalue weighted by atomic mass is 79.9. The van der Waals surface area contributed by atoms with Gasteiger partial charge in [-0.05, 0) is 61.7 Å². The molecule has 1 amide bonds. The van der Waals surface area contributed by atoms with Gasteiger partial charge in [-0.3, -0.25) is 0 Å². The minimum absolute atomic E-state index is 0.151. The van der Waals surface area contributed by atoms with E-state index >= 15 is 0 Å². The van der Waals surface area contributed by atoms with E-state index in [2.05, 4.69) is 30.8 Å². The Morgan fingerprint density at radius 1 is 1.21 bits per heavy atom. The number of fused-ring (bicyclic) bond motifs is 1. The highest BCUT2D eigenvalue weighted by Crippen LogP contribution is 2.44. The Morgan fingerprint density at radius 3 is 2.54 bits per heavy atom. The molecular formula is C20H24BrFN4O2. The van der Waals surface area contributed by atoms with Crippen molar-refractivity contribution < 1.29 is 13.9 Å². The lowest BCUT2D eigenvalue weighted by molar-refractivity contribution is 0.00592. The van der Waals surface area contributed by atoms with E-state index in [1.54, 1.807) is 17.0 Å². The van der Waals surface area contributed by atoms with Crippen molar-refractivity contribution in [1.82, 2.24) is 14.9 Å². The third-order valence-corrected chi connectivity index (χ3v) is 6.11. The van der Waals surface area contributed by atoms with Gasteiger partial charge in [-0.2, -0.15) is 0 Å². The third kappa shape index (κ3) is 3.54. The van der Waals surface area contributed by atoms with Crippen molar-refractivity contribution in [3.63, 3.8) is 0 Å². The number of carbonyl (C=O) groups excluding carboxylic acids is 1. The Balaban J connectivity index is 1.44. The van der Waals surface area contributed by atoms with Gasteiger partial charge in [0.15, 0.2) is 0 Å². The maximum Gasteiger partial charge on any atom is 0.410 e. The molecule has 28 heavy (non-hydrogen) atoms. The molecule has 1 aromatic heterocycles. The van der Waals surface area contributed by atoms with Crippen LogP contribution in [-0.2, 0) is 4.74 Å². The number of amides is 1. The molecule has 2 aliphatic heterocycles. The molecule has 2 aliphatic rings. The van der Waals surface area contributed by atoms with E-state index in [-0.39, 0.29) is 17.3 Å². The van der Waals surface area contributed by atoms with E-state index in [0.717, 1.165) is 25.9 Å². The van der Waals surface area contributed by atoms with Gasteiger partial charge in [-0.15, -0.1) is 0 Å². The normalized spacial score (nSPS) is 19.0. The lowest BCUT2D eigenvalue weighted by Crippen LogP contribution is -2.61. The van der Waals surface area contributed by atoms with Gasteiger partial charge in [0.2, 0.25) is 0 Å². The van der Waals surface area contributed by atoms with Gasteiger partial charge < -0.3 is 14.5 Å². The molecule has 8 heteroatoms. The van der Waals surface area contributed by atoms with Gasteiger partial charge in [0.05, 0.1) is 15.4 Å². The highest BCUT2D eigenvalue weighted by Gasteiger charge is 2.47. The summed E-state index contributed by atoms with van der Waals surface area (Å²) in [5.41, 5.74) is 0.274. The number of benzene rings is 1. The van der Waals surface area contributed by atoms with Crippen LogP contribution in [0.25, 0.3) is 10.9 Å². The van der Waals surface area contributed by atoms with Crippen molar-refractivity contribution in [1.29, 1.82) is 0 Å². The number of piperidine rings is 1. The van der Waals surface area contributed by atoms with Crippen molar-refractivity contribution in [3.05, 3.63) is 28.7 Å². The molecule has 150 valence electrons. The van der Waals surface area contributed by atoms with E-state index in [1.165, 1.54) is 6.33 Å². The summed E-state index contributed by atoms with van der Waals surface area (Å²) in [5.74, 6) is 0.317. The number of anilines is 1. The van der Waals surface area contributed by atoms with Crippen molar-refractivity contribution in [2.45, 2.75) is 39.2 Å². The van der Waals surface area contributed by atoms with Crippen LogP contribution in [0.15, 0.2) is 22.9 Å². The number of rotatable bonds is 1. The molecule has 0 bridgehead atoms. The molecule has 1 aromatic carbocycles. The van der Waals surface area contributed by atoms with E-state index in [9.17, 15) is 9.18 Å². The van der Waals surface area contributed by atoms with Crippen LogP contribution >= 0.6 is 15.9 Å². The lowest BCUT2D eigenvalue weighted by atomic mass is 9.72. The zero-order valence-electron chi connectivity index (χ0n) is 16.3. The van der Waals surface area contributed by atoms with E-state index < -0.39 is 5.60 Å². The van der Waals surface area contributed by atoms with Gasteiger partial charge in [0, 0.05) is 31.6 Å². The van der Waals surface area contributed by atoms with Crippen LogP contribution in [0.2, 0.25) is 0 Å². The molecule has 4 rings (SSSR count). The van der Waals surface area contributed by atoms with E-state index in [4.69, 9.17) is 4.74 Å². The van der Waals surface area contributed by atoms with Crippen LogP contribution in [0.5, 0.6) is 0 Å². The first-order chi connectivity index (χ1) is 13.2. The molecule has 0 unspecified atom stereocenters. The maximum atomic E-state index is 14.7. The second-order valence-electron chi connectivity index (χ2n) is 8.78. The Hall–Kier alpha value is -1.96. The number of halogens is 2. The Labute approximate surface area is 172 Å². The fourth-order valence-corrected chi connectivity index (χ4v) is 4.36. The fraction of sp³-hybridized carbons (Fsp3) is 0.550. The van der Waals surface area contributed by atoms with Crippen LogP contribution in [-0.4, -0.2) is 52.7 Å². The number of nitrogens with zero attached hydrogens (tertiary/aromatic N) is 4. The zero-order chi connectivity index (χ0) is 20.1. The van der Waals surface area contributed by atoms with Crippen LogP contribution in [0.4, 0.5) is 15.0 Å². The minimum Gasteiger partial charge on any atom is -0.444 e. The molecule has 2 aromatic rings. The van der Waals surface area contributed by atoms with Crippen molar-refractivity contribution in [3.8, 4) is 0 Å². The van der Waals surface area contributed by atoms with Crippen molar-refractivity contribution in [2.75, 3.05) is 31.1 Å². The molecule has 0 atom stereocenters. The second kappa shape index (κ2) is 6.83. The summed E-state index contributed by atoms with van der Waals surface area (Å²) < 4.78 is 20.6. The van der Waals surface area contributed by atoms with Crippen LogP contribution in [0.3, 0.4) is 0 Å². The van der Waals surface area contributed by atoms with Gasteiger partial charge in [0.1, 0.15) is 23.6 Å².